The van der Waals surface area contributed by atoms with Crippen LogP contribution in [0.1, 0.15) is 20.3 Å². The van der Waals surface area contributed by atoms with Crippen LogP contribution in [0.15, 0.2) is 18.2 Å². The van der Waals surface area contributed by atoms with E-state index in [4.69, 9.17) is 15.2 Å². The molecule has 18 heavy (non-hydrogen) atoms. The van der Waals surface area contributed by atoms with Gasteiger partial charge >= 0.3 is 0 Å². The number of carbonyl (C=O) groups excluding carboxylic acids is 1. The first-order chi connectivity index (χ1) is 8.58. The summed E-state index contributed by atoms with van der Waals surface area (Å²) in [6.07, 6.45) is 0.297. The van der Waals surface area contributed by atoms with Crippen molar-refractivity contribution >= 4 is 11.6 Å². The number of nitrogen functional groups attached to an aromatic ring is 1. The maximum absolute atomic E-state index is 11.7. The number of hydrogen-bond acceptors (Lipinski definition) is 4. The van der Waals surface area contributed by atoms with E-state index < -0.39 is 6.10 Å². The van der Waals surface area contributed by atoms with Crippen molar-refractivity contribution in [3.8, 4) is 11.5 Å². The molecule has 1 aromatic carbocycles. The van der Waals surface area contributed by atoms with E-state index in [1.807, 2.05) is 6.92 Å². The van der Waals surface area contributed by atoms with Crippen LogP contribution in [0.4, 0.5) is 5.69 Å². The molecule has 100 valence electrons. The molecule has 1 amide bonds. The smallest absolute Gasteiger partial charge is 0.260 e. The minimum absolute atomic E-state index is 0.154. The highest BCUT2D eigenvalue weighted by Crippen LogP contribution is 2.27. The van der Waals surface area contributed by atoms with E-state index in [2.05, 4.69) is 5.32 Å². The van der Waals surface area contributed by atoms with Crippen LogP contribution in [-0.4, -0.2) is 25.7 Å². The molecule has 0 aliphatic carbocycles. The molecule has 0 saturated carbocycles. The van der Waals surface area contributed by atoms with E-state index in [0.717, 1.165) is 6.42 Å². The number of nitrogens with one attached hydrogen (secondary N) is 1. The number of methoxy groups -OCH3 is 1. The lowest BCUT2D eigenvalue weighted by atomic mass is 10.2. The molecule has 0 aliphatic heterocycles. The minimum atomic E-state index is -0.592. The summed E-state index contributed by atoms with van der Waals surface area (Å²) in [5.74, 6) is 0.938. The maximum atomic E-state index is 11.7. The molecule has 1 unspecified atom stereocenters. The summed E-state index contributed by atoms with van der Waals surface area (Å²) in [6.45, 7) is 4.32. The Labute approximate surface area is 107 Å². The van der Waals surface area contributed by atoms with Gasteiger partial charge in [0, 0.05) is 12.6 Å². The molecular formula is C13H20N2O3. The number of benzene rings is 1. The standard InChI is InChI=1S/C13H20N2O3/c1-4-7-15-13(16)9(2)18-12-8-10(17-3)5-6-11(12)14/h5-6,8-9H,4,7,14H2,1-3H3,(H,15,16). The van der Waals surface area contributed by atoms with Crippen LogP contribution in [0, 0.1) is 0 Å². The highest BCUT2D eigenvalue weighted by atomic mass is 16.5. The number of hydrogen-bond donors (Lipinski definition) is 2. The van der Waals surface area contributed by atoms with Gasteiger partial charge in [0.1, 0.15) is 11.5 Å². The Morgan fingerprint density at radius 2 is 2.22 bits per heavy atom. The van der Waals surface area contributed by atoms with Crippen LogP contribution in [0.25, 0.3) is 0 Å². The quantitative estimate of drug-likeness (QED) is 0.754. The Balaban J connectivity index is 2.68. The summed E-state index contributed by atoms with van der Waals surface area (Å²) in [4.78, 5) is 11.7. The first kappa shape index (κ1) is 14.2. The Morgan fingerprint density at radius 1 is 1.50 bits per heavy atom. The van der Waals surface area contributed by atoms with E-state index in [9.17, 15) is 4.79 Å². The monoisotopic (exact) mass is 252 g/mol. The number of ether oxygens (including phenoxy) is 2. The summed E-state index contributed by atoms with van der Waals surface area (Å²) in [5, 5.41) is 2.76. The third-order valence-electron chi connectivity index (χ3n) is 2.44. The topological polar surface area (TPSA) is 73.6 Å². The second-order valence-corrected chi connectivity index (χ2v) is 3.95. The summed E-state index contributed by atoms with van der Waals surface area (Å²) in [6, 6.07) is 5.09. The lowest BCUT2D eigenvalue weighted by Crippen LogP contribution is -2.36. The molecule has 5 nitrogen and oxygen atoms in total. The zero-order valence-electron chi connectivity index (χ0n) is 11.0. The first-order valence-corrected chi connectivity index (χ1v) is 5.96. The molecule has 0 fully saturated rings. The summed E-state index contributed by atoms with van der Waals surface area (Å²) in [5.41, 5.74) is 6.26. The van der Waals surface area contributed by atoms with Crippen molar-refractivity contribution in [2.24, 2.45) is 0 Å². The van der Waals surface area contributed by atoms with E-state index in [1.54, 1.807) is 32.2 Å². The van der Waals surface area contributed by atoms with Gasteiger partial charge in [-0.3, -0.25) is 4.79 Å². The molecule has 1 rings (SSSR count). The van der Waals surface area contributed by atoms with Gasteiger partial charge in [-0.15, -0.1) is 0 Å². The maximum Gasteiger partial charge on any atom is 0.260 e. The van der Waals surface area contributed by atoms with Gasteiger partial charge in [-0.25, -0.2) is 0 Å². The normalized spacial score (nSPS) is 11.7. The zero-order valence-corrected chi connectivity index (χ0v) is 11.0. The molecule has 0 radical (unpaired) electrons. The highest BCUT2D eigenvalue weighted by molar-refractivity contribution is 5.80. The van der Waals surface area contributed by atoms with Gasteiger partial charge in [0.15, 0.2) is 6.10 Å². The number of rotatable bonds is 6. The van der Waals surface area contributed by atoms with Crippen molar-refractivity contribution in [1.29, 1.82) is 0 Å². The van der Waals surface area contributed by atoms with Crippen LogP contribution in [0.3, 0.4) is 0 Å². The minimum Gasteiger partial charge on any atom is -0.497 e. The van der Waals surface area contributed by atoms with Crippen LogP contribution in [0.2, 0.25) is 0 Å². The first-order valence-electron chi connectivity index (χ1n) is 5.96. The number of amides is 1. The largest absolute Gasteiger partial charge is 0.497 e. The molecule has 0 aliphatic rings. The Hall–Kier alpha value is -1.91. The van der Waals surface area contributed by atoms with Crippen molar-refractivity contribution < 1.29 is 14.3 Å². The highest BCUT2D eigenvalue weighted by Gasteiger charge is 2.15. The fourth-order valence-corrected chi connectivity index (χ4v) is 1.38. The predicted octanol–water partition coefficient (Wildman–Crippen LogP) is 1.57. The Kier molecular flexibility index (Phi) is 5.30. The van der Waals surface area contributed by atoms with Crippen molar-refractivity contribution in [2.75, 3.05) is 19.4 Å². The van der Waals surface area contributed by atoms with Crippen molar-refractivity contribution in [3.05, 3.63) is 18.2 Å². The summed E-state index contributed by atoms with van der Waals surface area (Å²) < 4.78 is 10.6. The number of carbonyl (C=O) groups is 1. The van der Waals surface area contributed by atoms with E-state index in [0.29, 0.717) is 23.7 Å². The van der Waals surface area contributed by atoms with E-state index in [1.165, 1.54) is 0 Å². The molecule has 0 spiro atoms. The lowest BCUT2D eigenvalue weighted by Gasteiger charge is -2.16. The second-order valence-electron chi connectivity index (χ2n) is 3.95. The van der Waals surface area contributed by atoms with Crippen LogP contribution < -0.4 is 20.5 Å². The number of anilines is 1. The summed E-state index contributed by atoms with van der Waals surface area (Å²) >= 11 is 0. The van der Waals surface area contributed by atoms with Gasteiger partial charge in [0.2, 0.25) is 0 Å². The molecule has 0 bridgehead atoms. The fourth-order valence-electron chi connectivity index (χ4n) is 1.38. The molecule has 5 heteroatoms. The Bertz CT molecular complexity index is 407. The van der Waals surface area contributed by atoms with Crippen molar-refractivity contribution in [3.63, 3.8) is 0 Å². The van der Waals surface area contributed by atoms with Crippen molar-refractivity contribution in [1.82, 2.24) is 5.32 Å². The van der Waals surface area contributed by atoms with E-state index in [-0.39, 0.29) is 5.91 Å². The second kappa shape index (κ2) is 6.74. The van der Waals surface area contributed by atoms with Crippen molar-refractivity contribution in [2.45, 2.75) is 26.4 Å². The van der Waals surface area contributed by atoms with Gasteiger partial charge < -0.3 is 20.5 Å². The van der Waals surface area contributed by atoms with Crippen LogP contribution in [0.5, 0.6) is 11.5 Å². The Morgan fingerprint density at radius 3 is 2.83 bits per heavy atom. The predicted molar refractivity (Wildman–Crippen MR) is 70.8 cm³/mol. The third-order valence-corrected chi connectivity index (χ3v) is 2.44. The lowest BCUT2D eigenvalue weighted by molar-refractivity contribution is -0.127. The van der Waals surface area contributed by atoms with Gasteiger partial charge in [-0.2, -0.15) is 0 Å². The average Bonchev–Trinajstić information content (AvgIpc) is 2.38. The van der Waals surface area contributed by atoms with E-state index >= 15 is 0 Å². The third kappa shape index (κ3) is 3.84. The zero-order chi connectivity index (χ0) is 13.5. The van der Waals surface area contributed by atoms with Crippen LogP contribution >= 0.6 is 0 Å². The molecule has 0 saturated heterocycles. The number of nitrogens with two attached hydrogens (primary N) is 1. The van der Waals surface area contributed by atoms with Crippen LogP contribution in [-0.2, 0) is 4.79 Å². The SMILES string of the molecule is CCCNC(=O)C(C)Oc1cc(OC)ccc1N. The fraction of sp³-hybridized carbons (Fsp3) is 0.462. The average molecular weight is 252 g/mol. The van der Waals surface area contributed by atoms with Gasteiger partial charge in [0.05, 0.1) is 12.8 Å². The molecule has 1 aromatic rings. The molecule has 0 heterocycles. The molecular weight excluding hydrogens is 232 g/mol. The molecule has 3 N–H and O–H groups in total. The van der Waals surface area contributed by atoms with Gasteiger partial charge in [0.25, 0.3) is 5.91 Å². The molecule has 0 aromatic heterocycles. The summed E-state index contributed by atoms with van der Waals surface area (Å²) in [7, 11) is 1.56. The van der Waals surface area contributed by atoms with Gasteiger partial charge in [-0.1, -0.05) is 6.92 Å². The van der Waals surface area contributed by atoms with Gasteiger partial charge in [-0.05, 0) is 25.5 Å². The molecule has 1 atom stereocenters.